The van der Waals surface area contributed by atoms with Crippen molar-refractivity contribution in [2.24, 2.45) is 0 Å². The fourth-order valence-electron chi connectivity index (χ4n) is 6.37. The Hall–Kier alpha value is -1.56. The van der Waals surface area contributed by atoms with E-state index >= 15 is 0 Å². The van der Waals surface area contributed by atoms with Gasteiger partial charge in [0.1, 0.15) is 0 Å². The molecule has 0 radical (unpaired) electrons. The lowest BCUT2D eigenvalue weighted by Gasteiger charge is -2.28. The van der Waals surface area contributed by atoms with E-state index in [-0.39, 0.29) is 0 Å². The van der Waals surface area contributed by atoms with Gasteiger partial charge < -0.3 is 0 Å². The second-order valence-electron chi connectivity index (χ2n) is 13.1. The van der Waals surface area contributed by atoms with E-state index in [1.807, 2.05) is 0 Å². The molecule has 0 spiro atoms. The third-order valence-corrected chi connectivity index (χ3v) is 10.3. The monoisotopic (exact) mass is 533 g/mol. The van der Waals surface area contributed by atoms with Crippen molar-refractivity contribution in [3.8, 4) is 0 Å². The summed E-state index contributed by atoms with van der Waals surface area (Å²) in [4.78, 5) is 0. The van der Waals surface area contributed by atoms with E-state index < -0.39 is 0 Å². The van der Waals surface area contributed by atoms with Crippen LogP contribution in [-0.4, -0.2) is 0 Å². The largest absolute Gasteiger partial charge is 0.0648 e. The van der Waals surface area contributed by atoms with Crippen LogP contribution in [-0.2, 0) is 12.8 Å². The zero-order chi connectivity index (χ0) is 29.3. The predicted molar refractivity (Wildman–Crippen MR) is 177 cm³/mol. The van der Waals surface area contributed by atoms with E-state index in [2.05, 4.69) is 107 Å². The Kier molecular flexibility index (Phi) is 13.8. The van der Waals surface area contributed by atoms with Gasteiger partial charge in [-0.1, -0.05) is 107 Å². The first-order valence-corrected chi connectivity index (χ1v) is 16.9. The summed E-state index contributed by atoms with van der Waals surface area (Å²) in [7, 11) is 0. The minimum absolute atomic E-state index is 0.626. The van der Waals surface area contributed by atoms with E-state index in [0.29, 0.717) is 35.5 Å². The Balaban J connectivity index is 2.47. The van der Waals surface area contributed by atoms with Crippen molar-refractivity contribution < 1.29 is 0 Å². The average molecular weight is 533 g/mol. The average Bonchev–Trinajstić information content (AvgIpc) is 2.97. The third-order valence-electron chi connectivity index (χ3n) is 10.3. The molecule has 2 aromatic rings. The molecule has 39 heavy (non-hydrogen) atoms. The van der Waals surface area contributed by atoms with Crippen LogP contribution in [0.4, 0.5) is 0 Å². The first-order valence-electron chi connectivity index (χ1n) is 16.9. The number of hydrogen-bond donors (Lipinski definition) is 0. The highest BCUT2D eigenvalue weighted by Gasteiger charge is 2.23. The Bertz CT molecular complexity index is 867. The van der Waals surface area contributed by atoms with Gasteiger partial charge in [-0.3, -0.25) is 0 Å². The first-order chi connectivity index (χ1) is 18.6. The van der Waals surface area contributed by atoms with Crippen molar-refractivity contribution in [1.82, 2.24) is 0 Å². The zero-order valence-electron chi connectivity index (χ0n) is 28.1. The van der Waals surface area contributed by atoms with Gasteiger partial charge in [-0.2, -0.15) is 0 Å². The second kappa shape index (κ2) is 16.0. The summed E-state index contributed by atoms with van der Waals surface area (Å²) in [6.45, 7) is 28.8. The fourth-order valence-corrected chi connectivity index (χ4v) is 6.37. The van der Waals surface area contributed by atoms with Crippen LogP contribution in [0.1, 0.15) is 208 Å². The summed E-state index contributed by atoms with van der Waals surface area (Å²) in [6, 6.07) is 10.4. The molecule has 6 unspecified atom stereocenters. The number of benzene rings is 2. The van der Waals surface area contributed by atoms with Crippen molar-refractivity contribution >= 4 is 0 Å². The van der Waals surface area contributed by atoms with Gasteiger partial charge in [0, 0.05) is 0 Å². The molecule has 0 aliphatic carbocycles. The summed E-state index contributed by atoms with van der Waals surface area (Å²) in [6.07, 6.45) is 10.9. The van der Waals surface area contributed by atoms with E-state index in [0.717, 1.165) is 0 Å². The van der Waals surface area contributed by atoms with Crippen LogP contribution in [0.25, 0.3) is 0 Å². The highest BCUT2D eigenvalue weighted by molar-refractivity contribution is 5.46. The van der Waals surface area contributed by atoms with Gasteiger partial charge in [-0.25, -0.2) is 0 Å². The quantitative estimate of drug-likeness (QED) is 0.202. The van der Waals surface area contributed by atoms with Crippen LogP contribution in [0.5, 0.6) is 0 Å². The van der Waals surface area contributed by atoms with Crippen molar-refractivity contribution in [2.45, 2.75) is 176 Å². The van der Waals surface area contributed by atoms with Gasteiger partial charge in [0.2, 0.25) is 0 Å². The highest BCUT2D eigenvalue weighted by atomic mass is 14.3. The lowest BCUT2D eigenvalue weighted by Crippen LogP contribution is -2.11. The fraction of sp³-hybridized carbons (Fsp3) is 0.692. The van der Waals surface area contributed by atoms with Crippen LogP contribution < -0.4 is 0 Å². The van der Waals surface area contributed by atoms with Crippen molar-refractivity contribution in [2.75, 3.05) is 0 Å². The van der Waals surface area contributed by atoms with Crippen LogP contribution in [0.2, 0.25) is 0 Å². The van der Waals surface area contributed by atoms with Gasteiger partial charge >= 0.3 is 0 Å². The standard InChI is InChI=1S/C39H64/c1-13-26(7)34-22-32(23-35(27(8)14-2)38(34)30(11)17-5)20-19-21-33-24-36(28(9)15-3)39(31(12)18-6)37(25-33)29(10)16-4/h22-31H,13-21H2,1-12H3. The van der Waals surface area contributed by atoms with Crippen molar-refractivity contribution in [3.05, 3.63) is 68.8 Å². The Morgan fingerprint density at radius 3 is 0.821 bits per heavy atom. The minimum Gasteiger partial charge on any atom is -0.0648 e. The first kappa shape index (κ1) is 33.6. The minimum atomic E-state index is 0.626. The maximum atomic E-state index is 2.60. The molecule has 0 aromatic heterocycles. The van der Waals surface area contributed by atoms with Crippen LogP contribution in [0, 0.1) is 0 Å². The highest BCUT2D eigenvalue weighted by Crippen LogP contribution is 2.40. The maximum absolute atomic E-state index is 2.60. The number of aryl methyl sites for hydroxylation is 2. The van der Waals surface area contributed by atoms with Crippen LogP contribution >= 0.6 is 0 Å². The molecule has 0 N–H and O–H groups in total. The van der Waals surface area contributed by atoms with E-state index in [9.17, 15) is 0 Å². The van der Waals surface area contributed by atoms with Gasteiger partial charge in [0.15, 0.2) is 0 Å². The van der Waals surface area contributed by atoms with E-state index in [1.54, 1.807) is 44.5 Å². The smallest absolute Gasteiger partial charge is 0.0187 e. The summed E-state index contributed by atoms with van der Waals surface area (Å²) in [5.41, 5.74) is 13.0. The normalized spacial score (nSPS) is 16.5. The molecule has 0 saturated heterocycles. The Labute approximate surface area is 244 Å². The molecule has 0 heteroatoms. The zero-order valence-corrected chi connectivity index (χ0v) is 28.1. The molecular formula is C39H64. The van der Waals surface area contributed by atoms with E-state index in [1.165, 1.54) is 57.8 Å². The molecule has 0 aliphatic rings. The van der Waals surface area contributed by atoms with Crippen LogP contribution in [0.15, 0.2) is 24.3 Å². The van der Waals surface area contributed by atoms with Crippen LogP contribution in [0.3, 0.4) is 0 Å². The van der Waals surface area contributed by atoms with Crippen molar-refractivity contribution in [3.63, 3.8) is 0 Å². The van der Waals surface area contributed by atoms with Gasteiger partial charge in [0.25, 0.3) is 0 Å². The lowest BCUT2D eigenvalue weighted by molar-refractivity contribution is 0.639. The second-order valence-corrected chi connectivity index (χ2v) is 13.1. The molecule has 220 valence electrons. The molecule has 0 nitrogen and oxygen atoms in total. The molecule has 0 saturated carbocycles. The summed E-state index contributed by atoms with van der Waals surface area (Å²) >= 11 is 0. The summed E-state index contributed by atoms with van der Waals surface area (Å²) in [5, 5.41) is 0. The third kappa shape index (κ3) is 8.24. The van der Waals surface area contributed by atoms with Gasteiger partial charge in [0.05, 0.1) is 0 Å². The molecule has 0 amide bonds. The summed E-state index contributed by atoms with van der Waals surface area (Å²) < 4.78 is 0. The molecule has 0 bridgehead atoms. The molecule has 6 atom stereocenters. The number of rotatable bonds is 16. The Morgan fingerprint density at radius 1 is 0.385 bits per heavy atom. The maximum Gasteiger partial charge on any atom is -0.0187 e. The topological polar surface area (TPSA) is 0 Å². The Morgan fingerprint density at radius 2 is 0.615 bits per heavy atom. The van der Waals surface area contributed by atoms with E-state index in [4.69, 9.17) is 0 Å². The molecule has 0 heterocycles. The predicted octanol–water partition coefficient (Wildman–Crippen LogP) is 12.9. The SMILES string of the molecule is CCC(C)c1cc(CCCc2cc(C(C)CC)c(C(C)CC)c(C(C)CC)c2)cc(C(C)CC)c1C(C)CC. The number of hydrogen-bond acceptors (Lipinski definition) is 0. The van der Waals surface area contributed by atoms with Gasteiger partial charge in [-0.05, 0) is 138 Å². The van der Waals surface area contributed by atoms with Gasteiger partial charge in [-0.15, -0.1) is 0 Å². The molecule has 0 aliphatic heterocycles. The molecule has 2 rings (SSSR count). The molecule has 0 fully saturated rings. The molecular weight excluding hydrogens is 468 g/mol. The summed E-state index contributed by atoms with van der Waals surface area (Å²) in [5.74, 6) is 3.77. The molecule has 2 aromatic carbocycles. The lowest BCUT2D eigenvalue weighted by atomic mass is 9.77. The van der Waals surface area contributed by atoms with Crippen molar-refractivity contribution in [1.29, 1.82) is 0 Å².